The molecule has 0 unspecified atom stereocenters. The standard InChI is InChI=1S/C8H14Cl2O2.Cr/c1-2-3-4-5-8(11)12-6-7(9)10;/h7H,2-6H2,1H3;. The predicted octanol–water partition coefficient (Wildman–Crippen LogP) is 2.91. The van der Waals surface area contributed by atoms with Crippen molar-refractivity contribution in [2.75, 3.05) is 6.61 Å². The van der Waals surface area contributed by atoms with Crippen LogP contribution in [0.4, 0.5) is 0 Å². The van der Waals surface area contributed by atoms with Crippen LogP contribution < -0.4 is 0 Å². The second kappa shape index (κ2) is 10.7. The molecule has 0 spiro atoms. The first-order chi connectivity index (χ1) is 5.66. The molecule has 0 radical (unpaired) electrons. The molecule has 0 heterocycles. The third-order valence-corrected chi connectivity index (χ3v) is 1.61. The van der Waals surface area contributed by atoms with E-state index in [1.807, 2.05) is 0 Å². The Morgan fingerprint density at radius 3 is 2.46 bits per heavy atom. The molecule has 0 rings (SSSR count). The number of carbonyl (C=O) groups excluding carboxylic acids is 1. The summed E-state index contributed by atoms with van der Waals surface area (Å²) in [7, 11) is 0. The monoisotopic (exact) mass is 264 g/mol. The predicted molar refractivity (Wildman–Crippen MR) is 50.6 cm³/mol. The number of alkyl halides is 2. The fraction of sp³-hybridized carbons (Fsp3) is 0.875. The molecule has 0 aromatic heterocycles. The SMILES string of the molecule is CCCCCC(=O)OCC(Cl)Cl.[Cr]. The van der Waals surface area contributed by atoms with Gasteiger partial charge in [0.15, 0.2) is 0 Å². The molecule has 0 aliphatic rings. The van der Waals surface area contributed by atoms with Crippen LogP contribution in [0.25, 0.3) is 0 Å². The van der Waals surface area contributed by atoms with E-state index in [4.69, 9.17) is 27.9 Å². The van der Waals surface area contributed by atoms with Gasteiger partial charge in [0.1, 0.15) is 11.4 Å². The van der Waals surface area contributed by atoms with Gasteiger partial charge in [-0.15, -0.1) is 23.2 Å². The number of hydrogen-bond donors (Lipinski definition) is 0. The Bertz CT molecular complexity index is 131. The van der Waals surface area contributed by atoms with Gasteiger partial charge in [-0.1, -0.05) is 19.8 Å². The molecule has 0 saturated carbocycles. The van der Waals surface area contributed by atoms with Crippen LogP contribution in [0.2, 0.25) is 0 Å². The van der Waals surface area contributed by atoms with Gasteiger partial charge in [-0.05, 0) is 6.42 Å². The molecule has 0 atom stereocenters. The molecule has 13 heavy (non-hydrogen) atoms. The van der Waals surface area contributed by atoms with E-state index in [1.165, 1.54) is 0 Å². The van der Waals surface area contributed by atoms with Crippen LogP contribution in [0.15, 0.2) is 0 Å². The van der Waals surface area contributed by atoms with Gasteiger partial charge in [0.05, 0.1) is 0 Å². The maximum atomic E-state index is 10.9. The number of hydrogen-bond acceptors (Lipinski definition) is 2. The molecule has 0 fully saturated rings. The number of halogens is 2. The normalized spacial score (nSPS) is 9.54. The third kappa shape index (κ3) is 12.6. The Kier molecular flexibility index (Phi) is 13.1. The van der Waals surface area contributed by atoms with Crippen molar-refractivity contribution in [3.8, 4) is 0 Å². The van der Waals surface area contributed by atoms with Crippen LogP contribution in [0.5, 0.6) is 0 Å². The van der Waals surface area contributed by atoms with Gasteiger partial charge in [-0.3, -0.25) is 4.79 Å². The molecule has 0 aromatic rings. The molecule has 5 heteroatoms. The van der Waals surface area contributed by atoms with E-state index >= 15 is 0 Å². The Labute approximate surface area is 100 Å². The van der Waals surface area contributed by atoms with Gasteiger partial charge < -0.3 is 4.74 Å². The first kappa shape index (κ1) is 16.0. The van der Waals surface area contributed by atoms with E-state index < -0.39 is 4.84 Å². The fourth-order valence-corrected chi connectivity index (χ4v) is 0.873. The average Bonchev–Trinajstić information content (AvgIpc) is 2.01. The van der Waals surface area contributed by atoms with Crippen molar-refractivity contribution < 1.29 is 26.9 Å². The first-order valence-corrected chi connectivity index (χ1v) is 4.98. The van der Waals surface area contributed by atoms with Gasteiger partial charge in [0, 0.05) is 23.8 Å². The summed E-state index contributed by atoms with van der Waals surface area (Å²) in [4.78, 5) is 10.3. The number of rotatable bonds is 6. The summed E-state index contributed by atoms with van der Waals surface area (Å²) < 4.78 is 4.75. The Hall–Kier alpha value is 0.582. The molecule has 0 aromatic carbocycles. The Balaban J connectivity index is 0. The zero-order chi connectivity index (χ0) is 9.40. The molecule has 2 nitrogen and oxygen atoms in total. The van der Waals surface area contributed by atoms with Crippen LogP contribution in [0, 0.1) is 0 Å². The number of unbranched alkanes of at least 4 members (excludes halogenated alkanes) is 2. The molecule has 0 aliphatic carbocycles. The van der Waals surface area contributed by atoms with Crippen LogP contribution in [0.3, 0.4) is 0 Å². The van der Waals surface area contributed by atoms with Gasteiger partial charge in [-0.25, -0.2) is 0 Å². The average molecular weight is 265 g/mol. The minimum absolute atomic E-state index is 0. The first-order valence-electron chi connectivity index (χ1n) is 4.10. The number of esters is 1. The third-order valence-electron chi connectivity index (χ3n) is 1.35. The van der Waals surface area contributed by atoms with Crippen LogP contribution in [0.1, 0.15) is 32.6 Å². The van der Waals surface area contributed by atoms with Crippen molar-refractivity contribution in [2.45, 2.75) is 37.4 Å². The summed E-state index contributed by atoms with van der Waals surface area (Å²) in [5.74, 6) is -0.213. The minimum Gasteiger partial charge on any atom is -0.463 e. The summed E-state index contributed by atoms with van der Waals surface area (Å²) in [6.07, 6.45) is 3.50. The molecular formula is C8H14Cl2CrO2. The molecule has 0 saturated heterocycles. The summed E-state index contributed by atoms with van der Waals surface area (Å²) in [5.41, 5.74) is 0. The number of carbonyl (C=O) groups is 1. The van der Waals surface area contributed by atoms with Crippen molar-refractivity contribution >= 4 is 29.2 Å². The maximum absolute atomic E-state index is 10.9. The van der Waals surface area contributed by atoms with Crippen molar-refractivity contribution in [3.05, 3.63) is 0 Å². The van der Waals surface area contributed by atoms with Crippen molar-refractivity contribution in [2.24, 2.45) is 0 Å². The summed E-state index contributed by atoms with van der Waals surface area (Å²) >= 11 is 10.7. The van der Waals surface area contributed by atoms with E-state index in [0.29, 0.717) is 6.42 Å². The Morgan fingerprint density at radius 1 is 1.38 bits per heavy atom. The van der Waals surface area contributed by atoms with Gasteiger partial charge in [-0.2, -0.15) is 0 Å². The van der Waals surface area contributed by atoms with Gasteiger partial charge in [0.2, 0.25) is 0 Å². The van der Waals surface area contributed by atoms with Crippen LogP contribution >= 0.6 is 23.2 Å². The largest absolute Gasteiger partial charge is 0.463 e. The topological polar surface area (TPSA) is 26.3 Å². The maximum Gasteiger partial charge on any atom is 0.305 e. The zero-order valence-electron chi connectivity index (χ0n) is 7.59. The summed E-state index contributed by atoms with van der Waals surface area (Å²) in [6.45, 7) is 2.17. The summed E-state index contributed by atoms with van der Waals surface area (Å²) in [5, 5.41) is 0. The quantitative estimate of drug-likeness (QED) is 0.419. The van der Waals surface area contributed by atoms with E-state index in [0.717, 1.165) is 19.3 Å². The van der Waals surface area contributed by atoms with Crippen molar-refractivity contribution in [3.63, 3.8) is 0 Å². The Morgan fingerprint density at radius 2 is 2.00 bits per heavy atom. The van der Waals surface area contributed by atoms with Gasteiger partial charge in [0.25, 0.3) is 0 Å². The molecule has 0 bridgehead atoms. The smallest absolute Gasteiger partial charge is 0.305 e. The molecule has 0 amide bonds. The second-order valence-corrected chi connectivity index (χ2v) is 3.81. The minimum atomic E-state index is -0.611. The van der Waals surface area contributed by atoms with Crippen LogP contribution in [-0.4, -0.2) is 17.4 Å². The second-order valence-electron chi connectivity index (χ2n) is 2.53. The molecule has 0 N–H and O–H groups in total. The van der Waals surface area contributed by atoms with E-state index in [1.54, 1.807) is 0 Å². The molecular weight excluding hydrogens is 251 g/mol. The van der Waals surface area contributed by atoms with Crippen LogP contribution in [-0.2, 0) is 26.9 Å². The number of ether oxygens (including phenoxy) is 1. The van der Waals surface area contributed by atoms with Gasteiger partial charge >= 0.3 is 5.97 Å². The fourth-order valence-electron chi connectivity index (χ4n) is 0.747. The van der Waals surface area contributed by atoms with Crippen molar-refractivity contribution in [1.82, 2.24) is 0 Å². The molecule has 0 aliphatic heterocycles. The van der Waals surface area contributed by atoms with E-state index in [2.05, 4.69) is 6.92 Å². The summed E-state index contributed by atoms with van der Waals surface area (Å²) in [6, 6.07) is 0. The zero-order valence-corrected chi connectivity index (χ0v) is 10.4. The van der Waals surface area contributed by atoms with E-state index in [9.17, 15) is 4.79 Å². The van der Waals surface area contributed by atoms with Crippen molar-refractivity contribution in [1.29, 1.82) is 0 Å². The molecule has 78 valence electrons. The van der Waals surface area contributed by atoms with E-state index in [-0.39, 0.29) is 29.9 Å².